The van der Waals surface area contributed by atoms with Gasteiger partial charge in [-0.25, -0.2) is 9.50 Å². The molecule has 0 saturated heterocycles. The molecule has 0 saturated carbocycles. The summed E-state index contributed by atoms with van der Waals surface area (Å²) in [5.41, 5.74) is 0.463. The average molecular weight is 135 g/mol. The monoisotopic (exact) mass is 135 g/mol. The number of hydrogen-bond donors (Lipinski definition) is 1. The van der Waals surface area contributed by atoms with Gasteiger partial charge in [0.05, 0.1) is 17.7 Å². The van der Waals surface area contributed by atoms with Gasteiger partial charge in [0, 0.05) is 0 Å². The van der Waals surface area contributed by atoms with Crippen LogP contribution in [0, 0.1) is 0 Å². The van der Waals surface area contributed by atoms with Crippen LogP contribution in [0.3, 0.4) is 0 Å². The first-order chi connectivity index (χ1) is 4.79. The van der Waals surface area contributed by atoms with Crippen LogP contribution >= 0.6 is 0 Å². The zero-order chi connectivity index (χ0) is 7.14. The molecule has 4 heteroatoms. The van der Waals surface area contributed by atoms with Crippen molar-refractivity contribution in [3.8, 4) is 5.75 Å². The van der Waals surface area contributed by atoms with Gasteiger partial charge in [0.1, 0.15) is 0 Å². The lowest BCUT2D eigenvalue weighted by Crippen LogP contribution is -2.04. The first-order valence-electron chi connectivity index (χ1n) is 2.79. The maximum absolute atomic E-state index is 9.05. The van der Waals surface area contributed by atoms with Gasteiger partial charge in [0.15, 0.2) is 11.4 Å². The van der Waals surface area contributed by atoms with Crippen LogP contribution in [0.1, 0.15) is 0 Å². The fourth-order valence-electron chi connectivity index (χ4n) is 0.855. The molecular weight excluding hydrogens is 130 g/mol. The van der Waals surface area contributed by atoms with Crippen LogP contribution in [0.5, 0.6) is 5.75 Å². The molecule has 0 radical (unpaired) electrons. The summed E-state index contributed by atoms with van der Waals surface area (Å²) >= 11 is 0. The molecule has 0 amide bonds. The predicted octanol–water partition coefficient (Wildman–Crippen LogP) is -0.436. The largest absolute Gasteiger partial charge is 0.503 e. The molecule has 2 aromatic heterocycles. The minimum atomic E-state index is 0.0925. The molecular formula is C6H5N3O. The Hall–Kier alpha value is -1.58. The molecule has 2 aromatic rings. The smallest absolute Gasteiger partial charge is 0.198 e. The van der Waals surface area contributed by atoms with Crippen LogP contribution in [-0.4, -0.2) is 19.7 Å². The molecule has 2 heterocycles. The summed E-state index contributed by atoms with van der Waals surface area (Å²) in [6.07, 6.45) is 2.90. The Kier molecular flexibility index (Phi) is 0.768. The SMILES string of the molecule is C=c1cnc2c(O)cnn12. The molecule has 0 aliphatic heterocycles. The fraction of sp³-hybridized carbons (Fsp3) is 0. The molecule has 0 atom stereocenters. The minimum absolute atomic E-state index is 0.0925. The van der Waals surface area contributed by atoms with E-state index in [0.29, 0.717) is 11.0 Å². The molecule has 0 spiro atoms. The van der Waals surface area contributed by atoms with Crippen molar-refractivity contribution in [3.63, 3.8) is 0 Å². The Bertz CT molecular complexity index is 406. The van der Waals surface area contributed by atoms with Gasteiger partial charge in [0.2, 0.25) is 0 Å². The van der Waals surface area contributed by atoms with Crippen molar-refractivity contribution in [1.82, 2.24) is 14.6 Å². The molecule has 0 aliphatic rings. The standard InChI is InChI=1S/C6H5N3O/c1-4-2-7-6-5(10)3-8-9(4)6/h2-3,10H,1H2. The molecule has 4 nitrogen and oxygen atoms in total. The van der Waals surface area contributed by atoms with E-state index in [9.17, 15) is 0 Å². The van der Waals surface area contributed by atoms with Crippen molar-refractivity contribution in [3.05, 3.63) is 17.7 Å². The van der Waals surface area contributed by atoms with Gasteiger partial charge in [0.25, 0.3) is 0 Å². The number of fused-ring (bicyclic) bond motifs is 1. The maximum atomic E-state index is 9.05. The zero-order valence-electron chi connectivity index (χ0n) is 5.15. The lowest BCUT2D eigenvalue weighted by molar-refractivity contribution is 0.480. The molecule has 0 unspecified atom stereocenters. The van der Waals surface area contributed by atoms with Crippen LogP contribution in [0.15, 0.2) is 12.4 Å². The molecule has 0 bridgehead atoms. The van der Waals surface area contributed by atoms with Crippen LogP contribution in [0.25, 0.3) is 12.2 Å². The fourth-order valence-corrected chi connectivity index (χ4v) is 0.855. The summed E-state index contributed by atoms with van der Waals surface area (Å²) in [5.74, 6) is 0.0925. The van der Waals surface area contributed by atoms with Crippen molar-refractivity contribution < 1.29 is 5.11 Å². The summed E-state index contributed by atoms with van der Waals surface area (Å²) < 4.78 is 1.48. The van der Waals surface area contributed by atoms with Crippen LogP contribution < -0.4 is 5.35 Å². The number of hydrogen-bond acceptors (Lipinski definition) is 3. The second-order valence-corrected chi connectivity index (χ2v) is 2.01. The number of aromatic nitrogens is 3. The van der Waals surface area contributed by atoms with E-state index in [-0.39, 0.29) is 5.75 Å². The first kappa shape index (κ1) is 5.22. The number of rotatable bonds is 0. The molecule has 0 aliphatic carbocycles. The van der Waals surface area contributed by atoms with Gasteiger partial charge >= 0.3 is 0 Å². The Morgan fingerprint density at radius 1 is 1.50 bits per heavy atom. The minimum Gasteiger partial charge on any atom is -0.503 e. The maximum Gasteiger partial charge on any atom is 0.198 e. The van der Waals surface area contributed by atoms with Gasteiger partial charge in [-0.1, -0.05) is 6.58 Å². The van der Waals surface area contributed by atoms with Gasteiger partial charge in [-0.2, -0.15) is 5.10 Å². The number of imidazole rings is 1. The zero-order valence-corrected chi connectivity index (χ0v) is 5.15. The van der Waals surface area contributed by atoms with Crippen molar-refractivity contribution in [1.29, 1.82) is 0 Å². The lowest BCUT2D eigenvalue weighted by atomic mass is 10.6. The molecule has 10 heavy (non-hydrogen) atoms. The van der Waals surface area contributed by atoms with E-state index in [4.69, 9.17) is 5.11 Å². The quantitative estimate of drug-likeness (QED) is 0.533. The van der Waals surface area contributed by atoms with E-state index in [2.05, 4.69) is 16.7 Å². The summed E-state index contributed by atoms with van der Waals surface area (Å²) in [6.45, 7) is 3.65. The summed E-state index contributed by atoms with van der Waals surface area (Å²) in [7, 11) is 0. The summed E-state index contributed by atoms with van der Waals surface area (Å²) in [6, 6.07) is 0. The van der Waals surface area contributed by atoms with Crippen LogP contribution in [0.4, 0.5) is 0 Å². The number of nitrogens with zero attached hydrogens (tertiary/aromatic N) is 3. The highest BCUT2D eigenvalue weighted by molar-refractivity contribution is 5.51. The Morgan fingerprint density at radius 3 is 3.00 bits per heavy atom. The highest BCUT2D eigenvalue weighted by atomic mass is 16.3. The molecule has 0 fully saturated rings. The van der Waals surface area contributed by atoms with Crippen molar-refractivity contribution in [2.75, 3.05) is 0 Å². The second kappa shape index (κ2) is 1.47. The topological polar surface area (TPSA) is 50.4 Å². The highest BCUT2D eigenvalue weighted by Crippen LogP contribution is 2.11. The lowest BCUT2D eigenvalue weighted by Gasteiger charge is -1.77. The van der Waals surface area contributed by atoms with Gasteiger partial charge in [-0.05, 0) is 0 Å². The van der Waals surface area contributed by atoms with Crippen LogP contribution in [-0.2, 0) is 0 Å². The molecule has 2 rings (SSSR count). The summed E-state index contributed by atoms with van der Waals surface area (Å²) in [4.78, 5) is 3.87. The molecule has 1 N–H and O–H groups in total. The van der Waals surface area contributed by atoms with E-state index in [1.807, 2.05) is 0 Å². The first-order valence-corrected chi connectivity index (χ1v) is 2.79. The van der Waals surface area contributed by atoms with Crippen molar-refractivity contribution in [2.24, 2.45) is 0 Å². The third-order valence-electron chi connectivity index (χ3n) is 1.33. The van der Waals surface area contributed by atoms with E-state index in [0.717, 1.165) is 0 Å². The molecule has 50 valence electrons. The van der Waals surface area contributed by atoms with Crippen LogP contribution in [0.2, 0.25) is 0 Å². The van der Waals surface area contributed by atoms with Gasteiger partial charge < -0.3 is 5.11 Å². The van der Waals surface area contributed by atoms with Crippen molar-refractivity contribution >= 4 is 12.2 Å². The average Bonchev–Trinajstić information content (AvgIpc) is 2.41. The predicted molar refractivity (Wildman–Crippen MR) is 35.4 cm³/mol. The van der Waals surface area contributed by atoms with E-state index >= 15 is 0 Å². The molecule has 0 aromatic carbocycles. The normalized spacial score (nSPS) is 10.8. The highest BCUT2D eigenvalue weighted by Gasteiger charge is 2.02. The Balaban J connectivity index is 3.09. The Labute approximate surface area is 56.4 Å². The van der Waals surface area contributed by atoms with E-state index in [1.54, 1.807) is 6.20 Å². The van der Waals surface area contributed by atoms with E-state index < -0.39 is 0 Å². The van der Waals surface area contributed by atoms with Gasteiger partial charge in [-0.15, -0.1) is 0 Å². The third kappa shape index (κ3) is 0.452. The third-order valence-corrected chi connectivity index (χ3v) is 1.33. The second-order valence-electron chi connectivity index (χ2n) is 2.01. The van der Waals surface area contributed by atoms with Crippen molar-refractivity contribution in [2.45, 2.75) is 0 Å². The number of aromatic hydroxyl groups is 1. The Morgan fingerprint density at radius 2 is 2.30 bits per heavy atom. The van der Waals surface area contributed by atoms with Gasteiger partial charge in [-0.3, -0.25) is 0 Å². The van der Waals surface area contributed by atoms with E-state index in [1.165, 1.54) is 10.7 Å². The summed E-state index contributed by atoms with van der Waals surface area (Å²) in [5, 5.41) is 13.5.